The van der Waals surface area contributed by atoms with Crippen molar-refractivity contribution in [2.24, 2.45) is 0 Å². The van der Waals surface area contributed by atoms with Gasteiger partial charge < -0.3 is 19.4 Å². The highest BCUT2D eigenvalue weighted by atomic mass is 16.5. The van der Waals surface area contributed by atoms with Gasteiger partial charge in [-0.15, -0.1) is 0 Å². The maximum Gasteiger partial charge on any atom is 0.420 e. The normalized spacial score (nSPS) is 13.9. The molecule has 1 saturated heterocycles. The summed E-state index contributed by atoms with van der Waals surface area (Å²) in [5.41, 5.74) is 2.12. The number of anilines is 2. The van der Waals surface area contributed by atoms with Gasteiger partial charge in [0.15, 0.2) is 5.58 Å². The van der Waals surface area contributed by atoms with Crippen LogP contribution in [0, 0.1) is 0 Å². The van der Waals surface area contributed by atoms with E-state index in [1.165, 1.54) is 11.7 Å². The van der Waals surface area contributed by atoms with E-state index in [1.807, 2.05) is 0 Å². The fourth-order valence-corrected chi connectivity index (χ4v) is 3.39. The molecule has 0 atom stereocenters. The Kier molecular flexibility index (Phi) is 4.60. The molecular weight excluding hydrogens is 362 g/mol. The summed E-state index contributed by atoms with van der Waals surface area (Å²) in [4.78, 5) is 38.3. The topological polar surface area (TPSA) is 93.8 Å². The van der Waals surface area contributed by atoms with Gasteiger partial charge in [0.1, 0.15) is 12.3 Å². The first kappa shape index (κ1) is 17.8. The van der Waals surface area contributed by atoms with E-state index in [0.29, 0.717) is 41.2 Å². The molecule has 4 rings (SSSR count). The number of carbonyl (C=O) groups excluding carboxylic acids is 2. The van der Waals surface area contributed by atoms with E-state index in [2.05, 4.69) is 5.32 Å². The Morgan fingerprint density at radius 2 is 2.04 bits per heavy atom. The second-order valence-corrected chi connectivity index (χ2v) is 6.51. The summed E-state index contributed by atoms with van der Waals surface area (Å²) in [6, 6.07) is 12.0. The summed E-state index contributed by atoms with van der Waals surface area (Å²) >= 11 is 0. The summed E-state index contributed by atoms with van der Waals surface area (Å²) in [6.07, 6.45) is 1.28. The summed E-state index contributed by atoms with van der Waals surface area (Å²) in [6.45, 7) is 0.433. The van der Waals surface area contributed by atoms with E-state index in [0.717, 1.165) is 6.42 Å². The number of nitrogens with zero attached hydrogens (tertiary/aromatic N) is 2. The van der Waals surface area contributed by atoms with Crippen LogP contribution in [0.3, 0.4) is 0 Å². The minimum absolute atomic E-state index is 0.0261. The lowest BCUT2D eigenvalue weighted by atomic mass is 10.2. The maximum absolute atomic E-state index is 12.5. The number of rotatable bonds is 5. The number of para-hydroxylation sites is 2. The first-order chi connectivity index (χ1) is 13.6. The smallest absolute Gasteiger partial charge is 0.420 e. The van der Waals surface area contributed by atoms with E-state index in [-0.39, 0.29) is 18.4 Å². The number of amides is 2. The molecule has 8 heteroatoms. The molecule has 144 valence electrons. The highest BCUT2D eigenvalue weighted by Crippen LogP contribution is 2.34. The van der Waals surface area contributed by atoms with Gasteiger partial charge in [0.2, 0.25) is 11.8 Å². The molecule has 1 N–H and O–H groups in total. The third-order valence-corrected chi connectivity index (χ3v) is 4.70. The molecule has 2 heterocycles. The third kappa shape index (κ3) is 3.24. The zero-order chi connectivity index (χ0) is 19.7. The van der Waals surface area contributed by atoms with Gasteiger partial charge in [0, 0.05) is 18.7 Å². The number of benzene rings is 2. The first-order valence-corrected chi connectivity index (χ1v) is 8.93. The number of fused-ring (bicyclic) bond motifs is 1. The molecule has 0 saturated carbocycles. The van der Waals surface area contributed by atoms with Crippen LogP contribution in [0.25, 0.3) is 11.1 Å². The molecule has 1 aliphatic rings. The molecule has 28 heavy (non-hydrogen) atoms. The lowest BCUT2D eigenvalue weighted by molar-refractivity contribution is -0.117. The standard InChI is InChI=1S/C20H19N3O5/c1-27-16-9-8-13(11-15(16)22-10-4-7-19(22)25)21-18(24)12-23-14-5-2-3-6-17(14)28-20(23)26/h2-3,5-6,8-9,11H,4,7,10,12H2,1H3,(H,21,24). The minimum atomic E-state index is -0.588. The van der Waals surface area contributed by atoms with Crippen LogP contribution in [-0.4, -0.2) is 30.0 Å². The van der Waals surface area contributed by atoms with Crippen molar-refractivity contribution in [2.45, 2.75) is 19.4 Å². The lowest BCUT2D eigenvalue weighted by Crippen LogP contribution is -2.26. The maximum atomic E-state index is 12.5. The van der Waals surface area contributed by atoms with Gasteiger partial charge in [0.25, 0.3) is 0 Å². The van der Waals surface area contributed by atoms with Gasteiger partial charge in [0.05, 0.1) is 18.3 Å². The van der Waals surface area contributed by atoms with Gasteiger partial charge in [-0.05, 0) is 36.8 Å². The number of oxazole rings is 1. The van der Waals surface area contributed by atoms with Crippen LogP contribution >= 0.6 is 0 Å². The van der Waals surface area contributed by atoms with Gasteiger partial charge in [-0.25, -0.2) is 4.79 Å². The third-order valence-electron chi connectivity index (χ3n) is 4.70. The Bertz CT molecular complexity index is 1110. The molecule has 0 bridgehead atoms. The van der Waals surface area contributed by atoms with Crippen LogP contribution in [0.2, 0.25) is 0 Å². The number of hydrogen-bond donors (Lipinski definition) is 1. The first-order valence-electron chi connectivity index (χ1n) is 8.93. The van der Waals surface area contributed by atoms with Crippen molar-refractivity contribution >= 4 is 34.3 Å². The highest BCUT2D eigenvalue weighted by Gasteiger charge is 2.25. The molecule has 1 aliphatic heterocycles. The van der Waals surface area contributed by atoms with Crippen molar-refractivity contribution in [2.75, 3.05) is 23.9 Å². The molecule has 0 aliphatic carbocycles. The largest absolute Gasteiger partial charge is 0.495 e. The summed E-state index contributed by atoms with van der Waals surface area (Å²) in [7, 11) is 1.54. The van der Waals surface area contributed by atoms with Crippen LogP contribution in [0.15, 0.2) is 51.7 Å². The van der Waals surface area contributed by atoms with Crippen molar-refractivity contribution in [1.82, 2.24) is 4.57 Å². The number of ether oxygens (including phenoxy) is 1. The molecule has 2 aromatic carbocycles. The Hall–Kier alpha value is -3.55. The van der Waals surface area contributed by atoms with Crippen LogP contribution in [0.4, 0.5) is 11.4 Å². The van der Waals surface area contributed by atoms with Crippen LogP contribution in [0.5, 0.6) is 5.75 Å². The van der Waals surface area contributed by atoms with E-state index < -0.39 is 5.76 Å². The Labute approximate surface area is 160 Å². The second-order valence-electron chi connectivity index (χ2n) is 6.51. The molecule has 3 aromatic rings. The molecule has 0 unspecified atom stereocenters. The van der Waals surface area contributed by atoms with Crippen molar-refractivity contribution < 1.29 is 18.7 Å². The fourth-order valence-electron chi connectivity index (χ4n) is 3.39. The van der Waals surface area contributed by atoms with Crippen LogP contribution in [-0.2, 0) is 16.1 Å². The highest BCUT2D eigenvalue weighted by molar-refractivity contribution is 5.98. The zero-order valence-corrected chi connectivity index (χ0v) is 15.3. The predicted octanol–water partition coefficient (Wildman–Crippen LogP) is 2.37. The number of aromatic nitrogens is 1. The average molecular weight is 381 g/mol. The van der Waals surface area contributed by atoms with Crippen molar-refractivity contribution in [3.63, 3.8) is 0 Å². The molecule has 1 fully saturated rings. The van der Waals surface area contributed by atoms with E-state index >= 15 is 0 Å². The molecule has 8 nitrogen and oxygen atoms in total. The lowest BCUT2D eigenvalue weighted by Gasteiger charge is -2.20. The Morgan fingerprint density at radius 3 is 2.79 bits per heavy atom. The molecular formula is C20H19N3O5. The molecule has 1 aromatic heterocycles. The van der Waals surface area contributed by atoms with E-state index in [9.17, 15) is 14.4 Å². The van der Waals surface area contributed by atoms with E-state index in [4.69, 9.17) is 9.15 Å². The van der Waals surface area contributed by atoms with Crippen LogP contribution < -0.4 is 20.7 Å². The summed E-state index contributed by atoms with van der Waals surface area (Å²) < 4.78 is 11.8. The van der Waals surface area contributed by atoms with Gasteiger partial charge in [-0.3, -0.25) is 14.2 Å². The number of nitrogens with one attached hydrogen (secondary N) is 1. The Morgan fingerprint density at radius 1 is 1.21 bits per heavy atom. The van der Waals surface area contributed by atoms with Gasteiger partial charge >= 0.3 is 5.76 Å². The Balaban J connectivity index is 1.57. The summed E-state index contributed by atoms with van der Waals surface area (Å²) in [5.74, 6) is -0.379. The number of methoxy groups -OCH3 is 1. The second kappa shape index (κ2) is 7.22. The van der Waals surface area contributed by atoms with Crippen molar-refractivity contribution in [1.29, 1.82) is 0 Å². The fraction of sp³-hybridized carbons (Fsp3) is 0.250. The summed E-state index contributed by atoms with van der Waals surface area (Å²) in [5, 5.41) is 2.77. The van der Waals surface area contributed by atoms with Gasteiger partial charge in [-0.1, -0.05) is 12.1 Å². The van der Waals surface area contributed by atoms with Crippen molar-refractivity contribution in [3.8, 4) is 5.75 Å². The minimum Gasteiger partial charge on any atom is -0.495 e. The average Bonchev–Trinajstić information content (AvgIpc) is 3.25. The molecule has 0 spiro atoms. The van der Waals surface area contributed by atoms with Crippen molar-refractivity contribution in [3.05, 3.63) is 53.0 Å². The van der Waals surface area contributed by atoms with E-state index in [1.54, 1.807) is 47.4 Å². The number of hydrogen-bond acceptors (Lipinski definition) is 5. The quantitative estimate of drug-likeness (QED) is 0.732. The predicted molar refractivity (Wildman–Crippen MR) is 104 cm³/mol. The molecule has 0 radical (unpaired) electrons. The monoisotopic (exact) mass is 381 g/mol. The van der Waals surface area contributed by atoms with Crippen LogP contribution in [0.1, 0.15) is 12.8 Å². The number of carbonyl (C=O) groups is 2. The SMILES string of the molecule is COc1ccc(NC(=O)Cn2c(=O)oc3ccccc32)cc1N1CCCC1=O. The molecule has 2 amide bonds. The van der Waals surface area contributed by atoms with Gasteiger partial charge in [-0.2, -0.15) is 0 Å². The zero-order valence-electron chi connectivity index (χ0n) is 15.3.